The van der Waals surface area contributed by atoms with E-state index in [9.17, 15) is 9.90 Å². The average Bonchev–Trinajstić information content (AvgIpc) is 3.12. The molecule has 0 amide bonds. The molecular weight excluding hydrogens is 324 g/mol. The lowest BCUT2D eigenvalue weighted by Crippen LogP contribution is -2.29. The minimum absolute atomic E-state index is 0.428. The molecule has 3 atom stereocenters. The smallest absolute Gasteiger partial charge is 0.336 e. The summed E-state index contributed by atoms with van der Waals surface area (Å²) in [6.07, 6.45) is 0. The molecule has 2 aliphatic heterocycles. The number of carboxylic acid groups (broad SMARTS) is 1. The number of aromatic carboxylic acids is 1. The topological polar surface area (TPSA) is 43.8 Å². The third-order valence-corrected chi connectivity index (χ3v) is 6.12. The predicted molar refractivity (Wildman–Crippen MR) is 102 cm³/mol. The van der Waals surface area contributed by atoms with Gasteiger partial charge in [-0.3, -0.25) is 9.80 Å². The Kier molecular flexibility index (Phi) is 4.55. The average molecular weight is 350 g/mol. The summed E-state index contributed by atoms with van der Waals surface area (Å²) in [7, 11) is 2.24. The second kappa shape index (κ2) is 6.86. The number of rotatable bonds is 4. The fourth-order valence-corrected chi connectivity index (χ4v) is 4.97. The van der Waals surface area contributed by atoms with Crippen LogP contribution in [-0.2, 0) is 6.54 Å². The molecule has 4 rings (SSSR count). The lowest BCUT2D eigenvalue weighted by molar-refractivity contribution is 0.0694. The number of nitrogens with zero attached hydrogens (tertiary/aromatic N) is 2. The number of carboxylic acids is 1. The Labute approximate surface area is 155 Å². The normalized spacial score (nSPS) is 26.2. The summed E-state index contributed by atoms with van der Waals surface area (Å²) in [5.41, 5.74) is 4.15. The minimum Gasteiger partial charge on any atom is -0.478 e. The quantitative estimate of drug-likeness (QED) is 0.917. The van der Waals surface area contributed by atoms with Crippen LogP contribution in [0.25, 0.3) is 0 Å². The summed E-state index contributed by atoms with van der Waals surface area (Å²) in [4.78, 5) is 16.4. The first-order valence-electron chi connectivity index (χ1n) is 9.34. The zero-order valence-corrected chi connectivity index (χ0v) is 15.4. The van der Waals surface area contributed by atoms with E-state index in [1.165, 1.54) is 11.1 Å². The van der Waals surface area contributed by atoms with Crippen molar-refractivity contribution >= 4 is 5.97 Å². The Morgan fingerprint density at radius 3 is 2.58 bits per heavy atom. The largest absolute Gasteiger partial charge is 0.478 e. The number of aryl methyl sites for hydroxylation is 1. The van der Waals surface area contributed by atoms with Crippen molar-refractivity contribution in [2.24, 2.45) is 11.8 Å². The van der Waals surface area contributed by atoms with E-state index in [0.29, 0.717) is 23.4 Å². The van der Waals surface area contributed by atoms with Gasteiger partial charge in [-0.1, -0.05) is 42.5 Å². The Morgan fingerprint density at radius 1 is 1.08 bits per heavy atom. The molecule has 0 aromatic heterocycles. The van der Waals surface area contributed by atoms with Gasteiger partial charge in [-0.25, -0.2) is 4.79 Å². The molecule has 4 nitrogen and oxygen atoms in total. The van der Waals surface area contributed by atoms with E-state index in [0.717, 1.165) is 31.7 Å². The van der Waals surface area contributed by atoms with E-state index in [2.05, 4.69) is 48.0 Å². The van der Waals surface area contributed by atoms with Crippen LogP contribution in [0.15, 0.2) is 48.5 Å². The molecule has 0 unspecified atom stereocenters. The summed E-state index contributed by atoms with van der Waals surface area (Å²) in [5.74, 6) is 0.428. The first-order valence-corrected chi connectivity index (χ1v) is 9.34. The number of benzene rings is 2. The molecule has 2 aliphatic rings. The van der Waals surface area contributed by atoms with Gasteiger partial charge in [0.25, 0.3) is 0 Å². The molecule has 2 aromatic rings. The van der Waals surface area contributed by atoms with Crippen molar-refractivity contribution in [2.75, 3.05) is 26.7 Å². The zero-order chi connectivity index (χ0) is 18.3. The molecular formula is C22H26N2O2. The van der Waals surface area contributed by atoms with Crippen LogP contribution < -0.4 is 0 Å². The van der Waals surface area contributed by atoms with Crippen molar-refractivity contribution in [2.45, 2.75) is 19.5 Å². The van der Waals surface area contributed by atoms with Crippen molar-refractivity contribution in [1.82, 2.24) is 9.80 Å². The van der Waals surface area contributed by atoms with Crippen LogP contribution in [0, 0.1) is 18.8 Å². The summed E-state index contributed by atoms with van der Waals surface area (Å²) in [6, 6.07) is 16.6. The van der Waals surface area contributed by atoms with Crippen LogP contribution in [0.3, 0.4) is 0 Å². The van der Waals surface area contributed by atoms with Gasteiger partial charge < -0.3 is 5.11 Å². The summed E-state index contributed by atoms with van der Waals surface area (Å²) < 4.78 is 0. The van der Waals surface area contributed by atoms with Crippen LogP contribution in [-0.4, -0.2) is 47.6 Å². The van der Waals surface area contributed by atoms with Gasteiger partial charge in [0.05, 0.1) is 5.56 Å². The van der Waals surface area contributed by atoms with E-state index in [-0.39, 0.29) is 0 Å². The highest BCUT2D eigenvalue weighted by Crippen LogP contribution is 2.45. The van der Waals surface area contributed by atoms with Crippen LogP contribution >= 0.6 is 0 Å². The van der Waals surface area contributed by atoms with E-state index in [1.807, 2.05) is 12.1 Å². The van der Waals surface area contributed by atoms with Crippen LogP contribution in [0.5, 0.6) is 0 Å². The molecule has 0 saturated carbocycles. The fourth-order valence-electron chi connectivity index (χ4n) is 4.97. The second-order valence-electron chi connectivity index (χ2n) is 7.82. The molecule has 2 heterocycles. The van der Waals surface area contributed by atoms with E-state index in [1.54, 1.807) is 12.1 Å². The van der Waals surface area contributed by atoms with Gasteiger partial charge in [-0.2, -0.15) is 0 Å². The molecule has 136 valence electrons. The van der Waals surface area contributed by atoms with Crippen molar-refractivity contribution in [1.29, 1.82) is 0 Å². The van der Waals surface area contributed by atoms with Gasteiger partial charge in [0.15, 0.2) is 0 Å². The molecule has 2 aromatic carbocycles. The maximum atomic E-state index is 11.5. The molecule has 0 spiro atoms. The number of likely N-dealkylation sites (tertiary alicyclic amines) is 2. The predicted octanol–water partition coefficient (Wildman–Crippen LogP) is 3.43. The van der Waals surface area contributed by atoms with Gasteiger partial charge in [-0.05, 0) is 48.6 Å². The number of carbonyl (C=O) groups is 1. The van der Waals surface area contributed by atoms with Crippen molar-refractivity contribution < 1.29 is 9.90 Å². The summed E-state index contributed by atoms with van der Waals surface area (Å²) in [6.45, 7) is 6.11. The highest BCUT2D eigenvalue weighted by Gasteiger charge is 2.46. The molecule has 26 heavy (non-hydrogen) atoms. The number of fused-ring (bicyclic) bond motifs is 1. The van der Waals surface area contributed by atoms with Gasteiger partial charge in [-0.15, -0.1) is 0 Å². The van der Waals surface area contributed by atoms with Gasteiger partial charge in [0, 0.05) is 32.2 Å². The maximum Gasteiger partial charge on any atom is 0.336 e. The first-order chi connectivity index (χ1) is 12.5. The molecule has 0 aliphatic carbocycles. The Morgan fingerprint density at radius 2 is 1.81 bits per heavy atom. The van der Waals surface area contributed by atoms with E-state index < -0.39 is 5.97 Å². The van der Waals surface area contributed by atoms with Crippen LogP contribution in [0.1, 0.15) is 33.1 Å². The van der Waals surface area contributed by atoms with Crippen LogP contribution in [0.2, 0.25) is 0 Å². The fraction of sp³-hybridized carbons (Fsp3) is 0.409. The first kappa shape index (κ1) is 17.3. The van der Waals surface area contributed by atoms with Crippen LogP contribution in [0.4, 0.5) is 0 Å². The molecule has 1 N–H and O–H groups in total. The minimum atomic E-state index is -0.836. The standard InChI is InChI=1S/C22H26N2O2/c1-15-7-3-5-9-18(15)21-20-14-24(13-17(20)11-23(21)2)12-16-8-4-6-10-19(16)22(25)26/h3-10,17,20-21H,11-14H2,1-2H3,(H,25,26)/t17-,20+,21-/m0/s1. The third-order valence-electron chi connectivity index (χ3n) is 6.12. The summed E-state index contributed by atoms with van der Waals surface area (Å²) >= 11 is 0. The molecule has 4 heteroatoms. The Bertz CT molecular complexity index is 819. The van der Waals surface area contributed by atoms with Gasteiger partial charge >= 0.3 is 5.97 Å². The zero-order valence-electron chi connectivity index (χ0n) is 15.4. The van der Waals surface area contributed by atoms with Crippen molar-refractivity contribution in [3.05, 3.63) is 70.8 Å². The monoisotopic (exact) mass is 350 g/mol. The molecule has 2 fully saturated rings. The lowest BCUT2D eigenvalue weighted by atomic mass is 9.88. The number of hydrogen-bond acceptors (Lipinski definition) is 3. The van der Waals surface area contributed by atoms with Gasteiger partial charge in [0.2, 0.25) is 0 Å². The SMILES string of the molecule is Cc1ccccc1[C@H]1[C@@H]2CN(Cc3ccccc3C(=O)O)C[C@@H]2CN1C. The van der Waals surface area contributed by atoms with E-state index >= 15 is 0 Å². The maximum absolute atomic E-state index is 11.5. The van der Waals surface area contributed by atoms with Gasteiger partial charge in [0.1, 0.15) is 0 Å². The third kappa shape index (κ3) is 3.04. The van der Waals surface area contributed by atoms with Crippen molar-refractivity contribution in [3.8, 4) is 0 Å². The molecule has 0 bridgehead atoms. The number of hydrogen-bond donors (Lipinski definition) is 1. The summed E-state index contributed by atoms with van der Waals surface area (Å²) in [5, 5.41) is 9.43. The lowest BCUT2D eigenvalue weighted by Gasteiger charge is -2.28. The van der Waals surface area contributed by atoms with Crippen molar-refractivity contribution in [3.63, 3.8) is 0 Å². The highest BCUT2D eigenvalue weighted by molar-refractivity contribution is 5.89. The Balaban J connectivity index is 1.54. The second-order valence-corrected chi connectivity index (χ2v) is 7.82. The molecule has 2 saturated heterocycles. The highest BCUT2D eigenvalue weighted by atomic mass is 16.4. The Hall–Kier alpha value is -2.17. The molecule has 0 radical (unpaired) electrons. The van der Waals surface area contributed by atoms with E-state index in [4.69, 9.17) is 0 Å².